The van der Waals surface area contributed by atoms with Crippen LogP contribution in [-0.4, -0.2) is 37.5 Å². The molecule has 2 N–H and O–H groups in total. The summed E-state index contributed by atoms with van der Waals surface area (Å²) < 4.78 is 0. The van der Waals surface area contributed by atoms with Gasteiger partial charge in [0.05, 0.1) is 0 Å². The van der Waals surface area contributed by atoms with Crippen molar-refractivity contribution in [1.82, 2.24) is 4.90 Å². The molecule has 4 heteroatoms. The molecule has 1 aromatic rings. The van der Waals surface area contributed by atoms with E-state index in [0.717, 1.165) is 23.8 Å². The van der Waals surface area contributed by atoms with Gasteiger partial charge in [0.25, 0.3) is 0 Å². The Balaban J connectivity index is 1.92. The van der Waals surface area contributed by atoms with E-state index in [4.69, 9.17) is 0 Å². The highest BCUT2D eigenvalue weighted by Gasteiger charge is 2.16. The van der Waals surface area contributed by atoms with Gasteiger partial charge in [-0.3, -0.25) is 4.79 Å². The van der Waals surface area contributed by atoms with E-state index < -0.39 is 0 Å². The fraction of sp³-hybridized carbons (Fsp3) is 0.562. The molecule has 0 aromatic heterocycles. The number of amides is 1. The third-order valence-electron chi connectivity index (χ3n) is 3.98. The van der Waals surface area contributed by atoms with Crippen LogP contribution in [0.3, 0.4) is 0 Å². The number of carbonyl (C=O) groups excluding carboxylic acids is 1. The first-order valence-electron chi connectivity index (χ1n) is 7.35. The van der Waals surface area contributed by atoms with E-state index in [1.165, 1.54) is 38.4 Å². The van der Waals surface area contributed by atoms with Gasteiger partial charge in [-0.15, -0.1) is 0 Å². The zero-order valence-electron chi connectivity index (χ0n) is 12.7. The molecule has 0 radical (unpaired) electrons. The molecule has 1 fully saturated rings. The monoisotopic (exact) mass is 275 g/mol. The molecule has 4 nitrogen and oxygen atoms in total. The molecule has 2 rings (SSSR count). The largest absolute Gasteiger partial charge is 0.384 e. The van der Waals surface area contributed by atoms with Gasteiger partial charge in [0.2, 0.25) is 5.91 Å². The molecule has 1 aromatic carbocycles. The molecule has 1 amide bonds. The number of hydrogen-bond donors (Lipinski definition) is 2. The van der Waals surface area contributed by atoms with E-state index in [0.29, 0.717) is 0 Å². The Morgan fingerprint density at radius 3 is 2.70 bits per heavy atom. The summed E-state index contributed by atoms with van der Waals surface area (Å²) in [5, 5.41) is 6.37. The van der Waals surface area contributed by atoms with Gasteiger partial charge in [0, 0.05) is 24.8 Å². The standard InChI is InChI=1S/C16H25N3O/c1-12-4-5-15(18-13(2)20)10-16(12)17-11-14-6-8-19(3)9-7-14/h4-5,10,14,17H,6-9,11H2,1-3H3,(H,18,20). The number of carbonyl (C=O) groups is 1. The first-order chi connectivity index (χ1) is 9.54. The summed E-state index contributed by atoms with van der Waals surface area (Å²) in [6.45, 7) is 7.02. The van der Waals surface area contributed by atoms with Gasteiger partial charge in [-0.2, -0.15) is 0 Å². The molecule has 0 atom stereocenters. The van der Waals surface area contributed by atoms with Crippen molar-refractivity contribution in [2.75, 3.05) is 37.3 Å². The zero-order chi connectivity index (χ0) is 14.5. The van der Waals surface area contributed by atoms with Crippen LogP contribution in [0.2, 0.25) is 0 Å². The predicted octanol–water partition coefficient (Wildman–Crippen LogP) is 2.71. The van der Waals surface area contributed by atoms with Crippen LogP contribution in [0.5, 0.6) is 0 Å². The Labute approximate surface area is 121 Å². The van der Waals surface area contributed by atoms with Crippen LogP contribution in [0.4, 0.5) is 11.4 Å². The number of nitrogens with one attached hydrogen (secondary N) is 2. The third-order valence-corrected chi connectivity index (χ3v) is 3.98. The average molecular weight is 275 g/mol. The van der Waals surface area contributed by atoms with E-state index in [1.54, 1.807) is 0 Å². The van der Waals surface area contributed by atoms with E-state index in [2.05, 4.69) is 29.5 Å². The molecule has 110 valence electrons. The molecular formula is C16H25N3O. The topological polar surface area (TPSA) is 44.4 Å². The fourth-order valence-electron chi connectivity index (χ4n) is 2.61. The maximum Gasteiger partial charge on any atom is 0.221 e. The highest BCUT2D eigenvalue weighted by molar-refractivity contribution is 5.89. The van der Waals surface area contributed by atoms with Crippen molar-refractivity contribution in [3.05, 3.63) is 23.8 Å². The zero-order valence-corrected chi connectivity index (χ0v) is 12.7. The molecule has 20 heavy (non-hydrogen) atoms. The summed E-state index contributed by atoms with van der Waals surface area (Å²) in [6.07, 6.45) is 2.52. The van der Waals surface area contributed by atoms with Crippen LogP contribution >= 0.6 is 0 Å². The number of likely N-dealkylation sites (tertiary alicyclic amines) is 1. The summed E-state index contributed by atoms with van der Waals surface area (Å²) in [5.41, 5.74) is 3.19. The lowest BCUT2D eigenvalue weighted by molar-refractivity contribution is -0.114. The van der Waals surface area contributed by atoms with Gasteiger partial charge in [-0.1, -0.05) is 6.07 Å². The predicted molar refractivity (Wildman–Crippen MR) is 84.2 cm³/mol. The van der Waals surface area contributed by atoms with Gasteiger partial charge in [0.1, 0.15) is 0 Å². The second-order valence-corrected chi connectivity index (χ2v) is 5.84. The maximum atomic E-state index is 11.1. The lowest BCUT2D eigenvalue weighted by atomic mass is 9.97. The Morgan fingerprint density at radius 1 is 1.35 bits per heavy atom. The number of hydrogen-bond acceptors (Lipinski definition) is 3. The molecular weight excluding hydrogens is 250 g/mol. The molecule has 0 aliphatic carbocycles. The van der Waals surface area contributed by atoms with Crippen LogP contribution in [0, 0.1) is 12.8 Å². The first kappa shape index (κ1) is 14.9. The minimum atomic E-state index is -0.0323. The number of anilines is 2. The molecule has 1 heterocycles. The van der Waals surface area contributed by atoms with Crippen molar-refractivity contribution >= 4 is 17.3 Å². The fourth-order valence-corrected chi connectivity index (χ4v) is 2.61. The summed E-state index contributed by atoms with van der Waals surface area (Å²) in [7, 11) is 2.19. The lowest BCUT2D eigenvalue weighted by Gasteiger charge is -2.29. The highest BCUT2D eigenvalue weighted by atomic mass is 16.1. The molecule has 1 aliphatic rings. The number of rotatable bonds is 4. The van der Waals surface area contributed by atoms with E-state index >= 15 is 0 Å². The second-order valence-electron chi connectivity index (χ2n) is 5.84. The minimum absolute atomic E-state index is 0.0323. The van der Waals surface area contributed by atoms with Gasteiger partial charge in [-0.05, 0) is 63.5 Å². The van der Waals surface area contributed by atoms with Gasteiger partial charge < -0.3 is 15.5 Å². The van der Waals surface area contributed by atoms with Crippen LogP contribution in [0.1, 0.15) is 25.3 Å². The smallest absolute Gasteiger partial charge is 0.221 e. The minimum Gasteiger partial charge on any atom is -0.384 e. The molecule has 1 saturated heterocycles. The van der Waals surface area contributed by atoms with Crippen LogP contribution < -0.4 is 10.6 Å². The van der Waals surface area contributed by atoms with Gasteiger partial charge >= 0.3 is 0 Å². The normalized spacial score (nSPS) is 16.9. The third kappa shape index (κ3) is 4.23. The van der Waals surface area contributed by atoms with Crippen LogP contribution in [-0.2, 0) is 4.79 Å². The van der Waals surface area contributed by atoms with Crippen molar-refractivity contribution in [2.24, 2.45) is 5.92 Å². The summed E-state index contributed by atoms with van der Waals surface area (Å²) >= 11 is 0. The molecule has 0 unspecified atom stereocenters. The average Bonchev–Trinajstić information content (AvgIpc) is 2.40. The summed E-state index contributed by atoms with van der Waals surface area (Å²) in [4.78, 5) is 13.5. The molecule has 0 spiro atoms. The Morgan fingerprint density at radius 2 is 2.05 bits per heavy atom. The van der Waals surface area contributed by atoms with Gasteiger partial charge in [0.15, 0.2) is 0 Å². The number of piperidine rings is 1. The Kier molecular flexibility index (Phi) is 5.01. The van der Waals surface area contributed by atoms with Crippen molar-refractivity contribution < 1.29 is 4.79 Å². The Bertz CT molecular complexity index is 465. The van der Waals surface area contributed by atoms with Crippen molar-refractivity contribution in [3.8, 4) is 0 Å². The second kappa shape index (κ2) is 6.75. The highest BCUT2D eigenvalue weighted by Crippen LogP contribution is 2.22. The lowest BCUT2D eigenvalue weighted by Crippen LogP contribution is -2.33. The SMILES string of the molecule is CC(=O)Nc1ccc(C)c(NCC2CCN(C)CC2)c1. The van der Waals surface area contributed by atoms with E-state index in [1.807, 2.05) is 18.2 Å². The number of aryl methyl sites for hydroxylation is 1. The number of benzene rings is 1. The molecule has 1 aliphatic heterocycles. The Hall–Kier alpha value is -1.55. The van der Waals surface area contributed by atoms with E-state index in [9.17, 15) is 4.79 Å². The first-order valence-corrected chi connectivity index (χ1v) is 7.35. The van der Waals surface area contributed by atoms with Crippen LogP contribution in [0.15, 0.2) is 18.2 Å². The number of nitrogens with zero attached hydrogens (tertiary/aromatic N) is 1. The van der Waals surface area contributed by atoms with Crippen molar-refractivity contribution in [2.45, 2.75) is 26.7 Å². The quantitative estimate of drug-likeness (QED) is 0.888. The molecule has 0 saturated carbocycles. The van der Waals surface area contributed by atoms with Crippen molar-refractivity contribution in [3.63, 3.8) is 0 Å². The summed E-state index contributed by atoms with van der Waals surface area (Å²) in [5.74, 6) is 0.713. The van der Waals surface area contributed by atoms with Crippen molar-refractivity contribution in [1.29, 1.82) is 0 Å². The van der Waals surface area contributed by atoms with Crippen LogP contribution in [0.25, 0.3) is 0 Å². The van der Waals surface area contributed by atoms with Gasteiger partial charge in [-0.25, -0.2) is 0 Å². The molecule has 0 bridgehead atoms. The van der Waals surface area contributed by atoms with E-state index in [-0.39, 0.29) is 5.91 Å². The maximum absolute atomic E-state index is 11.1. The summed E-state index contributed by atoms with van der Waals surface area (Å²) in [6, 6.07) is 6.01.